The van der Waals surface area contributed by atoms with Gasteiger partial charge in [0.15, 0.2) is 0 Å². The Morgan fingerprint density at radius 3 is 2.54 bits per heavy atom. The van der Waals surface area contributed by atoms with Gasteiger partial charge in [0.25, 0.3) is 11.6 Å². The number of carbonyl (C=O) groups excluding carboxylic acids is 2. The molecule has 1 aromatic carbocycles. The smallest absolute Gasteiger partial charge is 0.270 e. The fourth-order valence-corrected chi connectivity index (χ4v) is 3.34. The fraction of sp³-hybridized carbons (Fsp3) is 0.579. The third-order valence-electron chi connectivity index (χ3n) is 5.24. The van der Waals surface area contributed by atoms with Crippen LogP contribution in [0, 0.1) is 16.0 Å². The number of piperidine rings is 1. The number of carbonyl (C=O) groups is 2. The van der Waals surface area contributed by atoms with Crippen molar-refractivity contribution < 1.29 is 14.5 Å². The van der Waals surface area contributed by atoms with Crippen molar-refractivity contribution in [1.29, 1.82) is 0 Å². The summed E-state index contributed by atoms with van der Waals surface area (Å²) in [7, 11) is 0. The van der Waals surface area contributed by atoms with Crippen LogP contribution < -0.4 is 10.6 Å². The summed E-state index contributed by atoms with van der Waals surface area (Å²) in [6, 6.07) is 5.28. The molecule has 1 aliphatic carbocycles. The number of benzene rings is 1. The molecule has 0 radical (unpaired) electrons. The first-order valence-corrected chi connectivity index (χ1v) is 9.51. The molecule has 1 heterocycles. The van der Waals surface area contributed by atoms with Gasteiger partial charge in [-0.25, -0.2) is 0 Å². The maximum absolute atomic E-state index is 12.6. The topological polar surface area (TPSA) is 105 Å². The lowest BCUT2D eigenvalue weighted by molar-refractivity contribution is -0.384. The van der Waals surface area contributed by atoms with E-state index in [1.807, 2.05) is 0 Å². The van der Waals surface area contributed by atoms with Crippen LogP contribution in [-0.4, -0.2) is 53.4 Å². The molecular formula is C19H27ClN4O4. The zero-order valence-corrected chi connectivity index (χ0v) is 16.7. The highest BCUT2D eigenvalue weighted by Crippen LogP contribution is 2.28. The molecule has 1 unspecified atom stereocenters. The molecule has 3 rings (SSSR count). The van der Waals surface area contributed by atoms with E-state index in [2.05, 4.69) is 10.6 Å². The number of hydrogen-bond acceptors (Lipinski definition) is 5. The average Bonchev–Trinajstić information content (AvgIpc) is 3.50. The number of hydrogen-bond donors (Lipinski definition) is 2. The van der Waals surface area contributed by atoms with E-state index in [4.69, 9.17) is 0 Å². The maximum Gasteiger partial charge on any atom is 0.270 e. The lowest BCUT2D eigenvalue weighted by atomic mass is 10.0. The number of nitro benzene ring substituents is 1. The Balaban J connectivity index is 0.00000280. The van der Waals surface area contributed by atoms with Crippen LogP contribution in [0.25, 0.3) is 0 Å². The second-order valence-electron chi connectivity index (χ2n) is 7.45. The molecule has 0 bridgehead atoms. The highest BCUT2D eigenvalue weighted by molar-refractivity contribution is 5.97. The summed E-state index contributed by atoms with van der Waals surface area (Å²) in [4.78, 5) is 37.0. The molecule has 1 atom stereocenters. The molecule has 8 nitrogen and oxygen atoms in total. The zero-order chi connectivity index (χ0) is 19.4. The van der Waals surface area contributed by atoms with Crippen molar-refractivity contribution >= 4 is 29.9 Å². The second kappa shape index (κ2) is 9.84. The SMILES string of the molecule is CC(NC(=O)c1cccc([N+](=O)[O-])c1)C(=O)N1CCC(NCC2CC2)CC1.Cl. The molecule has 2 aliphatic rings. The number of likely N-dealkylation sites (tertiary alicyclic amines) is 1. The van der Waals surface area contributed by atoms with Gasteiger partial charge >= 0.3 is 0 Å². The van der Waals surface area contributed by atoms with Gasteiger partial charge in [-0.1, -0.05) is 6.07 Å². The molecule has 1 saturated carbocycles. The Hall–Kier alpha value is -2.19. The van der Waals surface area contributed by atoms with Crippen LogP contribution in [0.1, 0.15) is 43.0 Å². The molecule has 0 aromatic heterocycles. The summed E-state index contributed by atoms with van der Waals surface area (Å²) in [5.74, 6) is 0.240. The molecule has 1 aliphatic heterocycles. The summed E-state index contributed by atoms with van der Waals surface area (Å²) in [5, 5.41) is 17.1. The second-order valence-corrected chi connectivity index (χ2v) is 7.45. The number of amides is 2. The summed E-state index contributed by atoms with van der Waals surface area (Å²) in [6.07, 6.45) is 4.49. The quantitative estimate of drug-likeness (QED) is 0.529. The van der Waals surface area contributed by atoms with E-state index in [-0.39, 0.29) is 29.6 Å². The molecule has 28 heavy (non-hydrogen) atoms. The largest absolute Gasteiger partial charge is 0.341 e. The van der Waals surface area contributed by atoms with Crippen LogP contribution in [0.4, 0.5) is 5.69 Å². The standard InChI is InChI=1S/C19H26N4O4.ClH/c1-13(21-18(24)15-3-2-4-17(11-15)23(26)27)19(25)22-9-7-16(8-10-22)20-12-14-5-6-14;/h2-4,11,13-14,16,20H,5-10,12H2,1H3,(H,21,24);1H. The van der Waals surface area contributed by atoms with Gasteiger partial charge in [-0.3, -0.25) is 19.7 Å². The van der Waals surface area contributed by atoms with E-state index < -0.39 is 16.9 Å². The third kappa shape index (κ3) is 5.90. The van der Waals surface area contributed by atoms with Gasteiger partial charge in [-0.15, -0.1) is 12.4 Å². The first-order valence-electron chi connectivity index (χ1n) is 9.51. The highest BCUT2D eigenvalue weighted by atomic mass is 35.5. The lowest BCUT2D eigenvalue weighted by Gasteiger charge is -2.34. The fourth-order valence-electron chi connectivity index (χ4n) is 3.34. The normalized spacial score (nSPS) is 18.1. The summed E-state index contributed by atoms with van der Waals surface area (Å²) in [6.45, 7) is 4.08. The van der Waals surface area contributed by atoms with Gasteiger partial charge in [0.1, 0.15) is 6.04 Å². The molecule has 2 fully saturated rings. The molecule has 2 N–H and O–H groups in total. The highest BCUT2D eigenvalue weighted by Gasteiger charge is 2.28. The summed E-state index contributed by atoms with van der Waals surface area (Å²) >= 11 is 0. The first kappa shape index (κ1) is 22.1. The molecule has 1 aromatic rings. The van der Waals surface area contributed by atoms with Crippen LogP contribution in [0.15, 0.2) is 24.3 Å². The monoisotopic (exact) mass is 410 g/mol. The maximum atomic E-state index is 12.6. The van der Waals surface area contributed by atoms with Crippen molar-refractivity contribution in [3.05, 3.63) is 39.9 Å². The van der Waals surface area contributed by atoms with Gasteiger partial charge < -0.3 is 15.5 Å². The van der Waals surface area contributed by atoms with Crippen molar-refractivity contribution in [3.8, 4) is 0 Å². The van der Waals surface area contributed by atoms with Crippen LogP contribution in [0.5, 0.6) is 0 Å². The minimum atomic E-state index is -0.673. The van der Waals surface area contributed by atoms with Gasteiger partial charge in [-0.2, -0.15) is 0 Å². The van der Waals surface area contributed by atoms with E-state index in [1.165, 1.54) is 37.1 Å². The van der Waals surface area contributed by atoms with Crippen molar-refractivity contribution in [2.75, 3.05) is 19.6 Å². The van der Waals surface area contributed by atoms with Gasteiger partial charge in [0.2, 0.25) is 5.91 Å². The summed E-state index contributed by atoms with van der Waals surface area (Å²) in [5.41, 5.74) is 0.0224. The van der Waals surface area contributed by atoms with Gasteiger partial charge in [0.05, 0.1) is 4.92 Å². The Bertz CT molecular complexity index is 718. The van der Waals surface area contributed by atoms with Gasteiger partial charge in [-0.05, 0) is 51.1 Å². The lowest BCUT2D eigenvalue weighted by Crippen LogP contribution is -2.51. The first-order chi connectivity index (χ1) is 12.9. The van der Waals surface area contributed by atoms with Crippen LogP contribution in [0.3, 0.4) is 0 Å². The van der Waals surface area contributed by atoms with Crippen molar-refractivity contribution in [1.82, 2.24) is 15.5 Å². The number of halogens is 1. The minimum absolute atomic E-state index is 0. The molecule has 9 heteroatoms. The molecular weight excluding hydrogens is 384 g/mol. The number of nitro groups is 1. The molecule has 154 valence electrons. The zero-order valence-electron chi connectivity index (χ0n) is 15.9. The van der Waals surface area contributed by atoms with E-state index in [0.717, 1.165) is 25.3 Å². The Kier molecular flexibility index (Phi) is 7.77. The molecule has 2 amide bonds. The summed E-state index contributed by atoms with van der Waals surface area (Å²) < 4.78 is 0. The van der Waals surface area contributed by atoms with Crippen molar-refractivity contribution in [2.24, 2.45) is 5.92 Å². The van der Waals surface area contributed by atoms with E-state index in [1.54, 1.807) is 11.8 Å². The van der Waals surface area contributed by atoms with E-state index >= 15 is 0 Å². The Morgan fingerprint density at radius 2 is 1.93 bits per heavy atom. The predicted octanol–water partition coefficient (Wildman–Crippen LogP) is 2.13. The Labute approximate surface area is 170 Å². The number of non-ortho nitro benzene ring substituents is 1. The van der Waals surface area contributed by atoms with E-state index in [9.17, 15) is 19.7 Å². The minimum Gasteiger partial charge on any atom is -0.341 e. The number of nitrogens with one attached hydrogen (secondary N) is 2. The van der Waals surface area contributed by atoms with E-state index in [0.29, 0.717) is 19.1 Å². The van der Waals surface area contributed by atoms with Crippen molar-refractivity contribution in [3.63, 3.8) is 0 Å². The van der Waals surface area contributed by atoms with Crippen LogP contribution >= 0.6 is 12.4 Å². The predicted molar refractivity (Wildman–Crippen MR) is 108 cm³/mol. The van der Waals surface area contributed by atoms with Gasteiger partial charge in [0, 0.05) is 36.8 Å². The van der Waals surface area contributed by atoms with Crippen LogP contribution in [-0.2, 0) is 4.79 Å². The van der Waals surface area contributed by atoms with Crippen LogP contribution in [0.2, 0.25) is 0 Å². The number of nitrogens with zero attached hydrogens (tertiary/aromatic N) is 2. The average molecular weight is 411 g/mol. The third-order valence-corrected chi connectivity index (χ3v) is 5.24. The molecule has 1 saturated heterocycles. The number of rotatable bonds is 7. The Morgan fingerprint density at radius 1 is 1.25 bits per heavy atom. The van der Waals surface area contributed by atoms with Crippen molar-refractivity contribution in [2.45, 2.75) is 44.7 Å². The molecule has 0 spiro atoms.